The quantitative estimate of drug-likeness (QED) is 0.459. The topological polar surface area (TPSA) is 130 Å². The first-order valence-electron chi connectivity index (χ1n) is 8.54. The first-order chi connectivity index (χ1) is 14.3. The number of fused-ring (bicyclic) bond motifs is 1. The standard InChI is InChI=1S/C19H14ClF3N4O4/c1-18(25,31-17(30)19(21,22)23)16-26-12-7-3-6-11(20)13(12)15(29)27(16)10-5-2-4-9(8-10)14(24)28/h2-8H,25H2,1H3,(H2,24,28)/t18-/m0/s1. The predicted molar refractivity (Wildman–Crippen MR) is 105 cm³/mol. The Balaban J connectivity index is 2.36. The average molecular weight is 455 g/mol. The first kappa shape index (κ1) is 22.2. The second kappa shape index (κ2) is 7.67. The fourth-order valence-corrected chi connectivity index (χ4v) is 3.11. The number of benzene rings is 2. The van der Waals surface area contributed by atoms with Crippen LogP contribution < -0.4 is 17.0 Å². The first-order valence-corrected chi connectivity index (χ1v) is 8.92. The maximum atomic E-state index is 13.3. The summed E-state index contributed by atoms with van der Waals surface area (Å²) in [6.07, 6.45) is -5.34. The van der Waals surface area contributed by atoms with Crippen LogP contribution >= 0.6 is 11.6 Å². The van der Waals surface area contributed by atoms with Crippen molar-refractivity contribution in [1.29, 1.82) is 0 Å². The van der Waals surface area contributed by atoms with Gasteiger partial charge in [-0.05, 0) is 37.3 Å². The van der Waals surface area contributed by atoms with Gasteiger partial charge in [-0.15, -0.1) is 0 Å². The van der Waals surface area contributed by atoms with Crippen molar-refractivity contribution in [2.75, 3.05) is 0 Å². The lowest BCUT2D eigenvalue weighted by Crippen LogP contribution is -2.46. The molecule has 3 aromatic rings. The second-order valence-electron chi connectivity index (χ2n) is 6.62. The molecule has 3 rings (SSSR count). The number of esters is 1. The molecule has 1 atom stereocenters. The van der Waals surface area contributed by atoms with Crippen LogP contribution in [0, 0.1) is 0 Å². The van der Waals surface area contributed by atoms with Gasteiger partial charge in [-0.2, -0.15) is 13.2 Å². The summed E-state index contributed by atoms with van der Waals surface area (Å²) in [6, 6.07) is 9.60. The van der Waals surface area contributed by atoms with Crippen molar-refractivity contribution in [3.8, 4) is 5.69 Å². The Morgan fingerprint density at radius 2 is 1.81 bits per heavy atom. The van der Waals surface area contributed by atoms with Crippen LogP contribution in [0.15, 0.2) is 47.3 Å². The van der Waals surface area contributed by atoms with Gasteiger partial charge in [-0.25, -0.2) is 9.78 Å². The number of nitrogens with zero attached hydrogens (tertiary/aromatic N) is 2. The van der Waals surface area contributed by atoms with E-state index in [0.717, 1.165) is 11.5 Å². The molecule has 0 unspecified atom stereocenters. The van der Waals surface area contributed by atoms with Crippen molar-refractivity contribution < 1.29 is 27.5 Å². The van der Waals surface area contributed by atoms with E-state index in [9.17, 15) is 27.6 Å². The van der Waals surface area contributed by atoms with Crippen LogP contribution in [0.1, 0.15) is 23.1 Å². The molecule has 1 aromatic heterocycles. The van der Waals surface area contributed by atoms with Gasteiger partial charge in [0.2, 0.25) is 11.6 Å². The maximum absolute atomic E-state index is 13.3. The highest BCUT2D eigenvalue weighted by Gasteiger charge is 2.46. The molecule has 0 radical (unpaired) electrons. The Hall–Kier alpha value is -3.44. The normalized spacial score (nSPS) is 13.6. The Kier molecular flexibility index (Phi) is 5.51. The molecule has 12 heteroatoms. The smallest absolute Gasteiger partial charge is 0.430 e. The van der Waals surface area contributed by atoms with Crippen molar-refractivity contribution in [2.24, 2.45) is 11.5 Å². The molecule has 0 spiro atoms. The number of hydrogen-bond acceptors (Lipinski definition) is 6. The fourth-order valence-electron chi connectivity index (χ4n) is 2.86. The third-order valence-corrected chi connectivity index (χ3v) is 4.53. The van der Waals surface area contributed by atoms with Crippen LogP contribution in [-0.4, -0.2) is 27.6 Å². The van der Waals surface area contributed by atoms with E-state index in [4.69, 9.17) is 23.1 Å². The van der Waals surface area contributed by atoms with Gasteiger partial charge in [0.25, 0.3) is 5.56 Å². The minimum atomic E-state index is -5.34. The molecule has 4 N–H and O–H groups in total. The summed E-state index contributed by atoms with van der Waals surface area (Å²) in [5.74, 6) is -3.93. The molecule has 0 aliphatic heterocycles. The minimum absolute atomic E-state index is 0.000571. The lowest BCUT2D eigenvalue weighted by molar-refractivity contribution is -0.214. The summed E-state index contributed by atoms with van der Waals surface area (Å²) < 4.78 is 43.5. The predicted octanol–water partition coefficient (Wildman–Crippen LogP) is 2.37. The van der Waals surface area contributed by atoms with Crippen LogP contribution in [0.3, 0.4) is 0 Å². The summed E-state index contributed by atoms with van der Waals surface area (Å²) in [5, 5.41) is -0.0392. The molecule has 0 saturated carbocycles. The highest BCUT2D eigenvalue weighted by Crippen LogP contribution is 2.28. The number of alkyl halides is 3. The van der Waals surface area contributed by atoms with Crippen molar-refractivity contribution in [2.45, 2.75) is 18.8 Å². The summed E-state index contributed by atoms with van der Waals surface area (Å²) in [4.78, 5) is 40.4. The van der Waals surface area contributed by atoms with Gasteiger partial charge in [-0.3, -0.25) is 19.9 Å². The number of aromatic nitrogens is 2. The van der Waals surface area contributed by atoms with E-state index < -0.39 is 35.2 Å². The van der Waals surface area contributed by atoms with Crippen molar-refractivity contribution in [3.05, 3.63) is 69.2 Å². The van der Waals surface area contributed by atoms with E-state index >= 15 is 0 Å². The molecule has 2 aromatic carbocycles. The number of amides is 1. The molecule has 31 heavy (non-hydrogen) atoms. The monoisotopic (exact) mass is 454 g/mol. The van der Waals surface area contributed by atoms with Gasteiger partial charge < -0.3 is 10.5 Å². The highest BCUT2D eigenvalue weighted by molar-refractivity contribution is 6.35. The molecular formula is C19H14ClF3N4O4. The molecule has 1 heterocycles. The number of rotatable bonds is 4. The zero-order chi connectivity index (χ0) is 23.1. The Morgan fingerprint density at radius 1 is 1.16 bits per heavy atom. The third-order valence-electron chi connectivity index (χ3n) is 4.22. The van der Waals surface area contributed by atoms with Crippen molar-refractivity contribution >= 4 is 34.4 Å². The summed E-state index contributed by atoms with van der Waals surface area (Å²) in [6.45, 7) is 0.934. The van der Waals surface area contributed by atoms with Gasteiger partial charge >= 0.3 is 12.1 Å². The van der Waals surface area contributed by atoms with E-state index in [1.54, 1.807) is 0 Å². The van der Waals surface area contributed by atoms with Crippen molar-refractivity contribution in [1.82, 2.24) is 9.55 Å². The van der Waals surface area contributed by atoms with Gasteiger partial charge in [0.1, 0.15) is 0 Å². The zero-order valence-corrected chi connectivity index (χ0v) is 16.5. The molecule has 162 valence electrons. The lowest BCUT2D eigenvalue weighted by atomic mass is 10.1. The van der Waals surface area contributed by atoms with Gasteiger partial charge in [-0.1, -0.05) is 23.7 Å². The third kappa shape index (κ3) is 4.23. The van der Waals surface area contributed by atoms with Crippen molar-refractivity contribution in [3.63, 3.8) is 0 Å². The van der Waals surface area contributed by atoms with Crippen LogP contribution in [0.25, 0.3) is 16.6 Å². The SMILES string of the molecule is C[C@](N)(OC(=O)C(F)(F)F)c1nc2cccc(Cl)c2c(=O)n1-c1cccc(C(N)=O)c1. The Bertz CT molecular complexity index is 1270. The lowest BCUT2D eigenvalue weighted by Gasteiger charge is -2.27. The molecule has 1 amide bonds. The molecule has 0 aliphatic rings. The number of primary amides is 1. The average Bonchev–Trinajstić information content (AvgIpc) is 2.66. The summed E-state index contributed by atoms with van der Waals surface area (Å²) in [7, 11) is 0. The second-order valence-corrected chi connectivity index (χ2v) is 7.03. The van der Waals surface area contributed by atoms with E-state index in [-0.39, 0.29) is 27.2 Å². The molecule has 0 aliphatic carbocycles. The van der Waals surface area contributed by atoms with Gasteiger partial charge in [0.15, 0.2) is 5.82 Å². The number of carbonyl (C=O) groups excluding carboxylic acids is 2. The Labute approximate surface area is 177 Å². The van der Waals surface area contributed by atoms with E-state index in [2.05, 4.69) is 9.72 Å². The zero-order valence-electron chi connectivity index (χ0n) is 15.7. The number of nitrogens with two attached hydrogens (primary N) is 2. The summed E-state index contributed by atoms with van der Waals surface area (Å²) in [5.41, 5.74) is 7.84. The molecule has 0 saturated heterocycles. The van der Waals surface area contributed by atoms with E-state index in [1.807, 2.05) is 0 Å². The van der Waals surface area contributed by atoms with Crippen LogP contribution in [-0.2, 0) is 15.3 Å². The van der Waals surface area contributed by atoms with E-state index in [1.165, 1.54) is 42.5 Å². The number of halogens is 4. The van der Waals surface area contributed by atoms with Crippen LogP contribution in [0.2, 0.25) is 5.02 Å². The number of hydrogen-bond donors (Lipinski definition) is 2. The minimum Gasteiger partial charge on any atom is -0.430 e. The van der Waals surface area contributed by atoms with Crippen LogP contribution in [0.4, 0.5) is 13.2 Å². The number of ether oxygens (including phenoxy) is 1. The molecule has 0 fully saturated rings. The highest BCUT2D eigenvalue weighted by atomic mass is 35.5. The molecule has 8 nitrogen and oxygen atoms in total. The number of carbonyl (C=O) groups is 2. The van der Waals surface area contributed by atoms with E-state index in [0.29, 0.717) is 0 Å². The van der Waals surface area contributed by atoms with Crippen LogP contribution in [0.5, 0.6) is 0 Å². The maximum Gasteiger partial charge on any atom is 0.491 e. The van der Waals surface area contributed by atoms with Gasteiger partial charge in [0.05, 0.1) is 21.6 Å². The Morgan fingerprint density at radius 3 is 2.42 bits per heavy atom. The van der Waals surface area contributed by atoms with Gasteiger partial charge in [0, 0.05) is 5.56 Å². The largest absolute Gasteiger partial charge is 0.491 e. The fraction of sp³-hybridized carbons (Fsp3) is 0.158. The summed E-state index contributed by atoms with van der Waals surface area (Å²) >= 11 is 6.12. The molecular weight excluding hydrogens is 441 g/mol. The molecule has 0 bridgehead atoms.